The first-order chi connectivity index (χ1) is 28.2. The number of thioether (sulfide) groups is 2. The largest absolute Gasteiger partial charge is 0.490 e. The highest BCUT2D eigenvalue weighted by Crippen LogP contribution is 2.53. The van der Waals surface area contributed by atoms with Gasteiger partial charge in [-0.2, -0.15) is 0 Å². The number of halogens is 2. The molecular formula is C45H66ClIN4O5S3. The predicted molar refractivity (Wildman–Crippen MR) is 258 cm³/mol. The van der Waals surface area contributed by atoms with Crippen LogP contribution in [0.3, 0.4) is 0 Å². The van der Waals surface area contributed by atoms with Crippen molar-refractivity contribution in [3.8, 4) is 5.75 Å². The van der Waals surface area contributed by atoms with Gasteiger partial charge in [-0.1, -0.05) is 66.3 Å². The molecule has 0 unspecified atom stereocenters. The first-order valence-corrected chi connectivity index (χ1v) is 27.3. The number of nitrogens with one attached hydrogen (secondary N) is 2. The van der Waals surface area contributed by atoms with E-state index < -0.39 is 26.8 Å². The number of piperazine rings is 1. The van der Waals surface area contributed by atoms with Gasteiger partial charge in [0.1, 0.15) is 11.4 Å². The van der Waals surface area contributed by atoms with Gasteiger partial charge in [0, 0.05) is 61.3 Å². The fraction of sp³-hybridized carbons (Fsp3) is 0.667. The van der Waals surface area contributed by atoms with Crippen LogP contribution in [-0.2, 0) is 21.9 Å². The average molecular weight is 1000 g/mol. The zero-order valence-corrected chi connectivity index (χ0v) is 40.9. The van der Waals surface area contributed by atoms with Crippen LogP contribution < -0.4 is 19.7 Å². The molecule has 1 amide bonds. The lowest BCUT2D eigenvalue weighted by Crippen LogP contribution is -2.55. The maximum Gasteiger partial charge on any atom is 0.264 e. The topological polar surface area (TPSA) is 111 Å². The number of sulfonamides is 1. The van der Waals surface area contributed by atoms with Crippen LogP contribution in [0.2, 0.25) is 5.02 Å². The summed E-state index contributed by atoms with van der Waals surface area (Å²) in [4.78, 5) is 18.4. The molecule has 2 aromatic rings. The van der Waals surface area contributed by atoms with E-state index in [0.717, 1.165) is 79.9 Å². The molecule has 2 aromatic carbocycles. The molecule has 2 bridgehead atoms. The number of rotatable bonds is 2. The Bertz CT molecular complexity index is 1880. The van der Waals surface area contributed by atoms with E-state index in [1.54, 1.807) is 19.1 Å². The van der Waals surface area contributed by atoms with Crippen molar-refractivity contribution in [2.24, 2.45) is 17.8 Å². The quantitative estimate of drug-likeness (QED) is 0.154. The van der Waals surface area contributed by atoms with Crippen LogP contribution in [0.1, 0.15) is 94.6 Å². The van der Waals surface area contributed by atoms with Gasteiger partial charge in [-0.05, 0) is 141 Å². The number of anilines is 1. The van der Waals surface area contributed by atoms with Crippen molar-refractivity contribution < 1.29 is 23.1 Å². The van der Waals surface area contributed by atoms with E-state index in [-0.39, 0.29) is 33.3 Å². The summed E-state index contributed by atoms with van der Waals surface area (Å²) >= 11 is 12.4. The van der Waals surface area contributed by atoms with Crippen LogP contribution in [0.4, 0.5) is 5.69 Å². The second kappa shape index (κ2) is 21.0. The van der Waals surface area contributed by atoms with Crippen molar-refractivity contribution >= 4 is 79.3 Å². The van der Waals surface area contributed by atoms with Crippen LogP contribution in [0.15, 0.2) is 48.6 Å². The highest BCUT2D eigenvalue weighted by atomic mass is 127. The van der Waals surface area contributed by atoms with Gasteiger partial charge in [-0.25, -0.2) is 13.1 Å². The zero-order valence-electron chi connectivity index (χ0n) is 35.6. The first-order valence-electron chi connectivity index (χ1n) is 21.7. The van der Waals surface area contributed by atoms with E-state index in [1.807, 2.05) is 54.7 Å². The third kappa shape index (κ3) is 11.1. The number of hydrogen-bond acceptors (Lipinski definition) is 10. The molecule has 3 fully saturated rings. The summed E-state index contributed by atoms with van der Waals surface area (Å²) in [5.74, 6) is 2.18. The molecule has 6 aliphatic rings. The number of alkyl halides is 1. The minimum absolute atomic E-state index is 0.0302. The molecule has 59 heavy (non-hydrogen) atoms. The number of fused-ring (bicyclic) bond motifs is 4. The van der Waals surface area contributed by atoms with Gasteiger partial charge in [0.15, 0.2) is 0 Å². The van der Waals surface area contributed by atoms with Crippen LogP contribution >= 0.6 is 57.7 Å². The molecule has 4 aliphatic heterocycles. The van der Waals surface area contributed by atoms with Crippen molar-refractivity contribution in [3.05, 3.63) is 70.3 Å². The second-order valence-corrected chi connectivity index (χ2v) is 24.2. The molecule has 6 atom stereocenters. The number of aliphatic hydroxyl groups is 1. The number of nitrogens with zero attached hydrogens (tertiary/aromatic N) is 2. The van der Waals surface area contributed by atoms with E-state index in [9.17, 15) is 18.3 Å². The number of carbonyl (C=O) groups excluding carboxylic acids is 1. The summed E-state index contributed by atoms with van der Waals surface area (Å²) in [5, 5.41) is 15.9. The number of hydrogen-bond donors (Lipinski definition) is 3. The Hall–Kier alpha value is -1.20. The monoisotopic (exact) mass is 1000 g/mol. The minimum Gasteiger partial charge on any atom is -0.490 e. The van der Waals surface area contributed by atoms with E-state index in [2.05, 4.69) is 75.3 Å². The van der Waals surface area contributed by atoms with Gasteiger partial charge in [0.25, 0.3) is 5.91 Å². The summed E-state index contributed by atoms with van der Waals surface area (Å²) in [7, 11) is -3.95. The fourth-order valence-electron chi connectivity index (χ4n) is 9.52. The van der Waals surface area contributed by atoms with Crippen molar-refractivity contribution in [3.63, 3.8) is 0 Å². The molecule has 9 nitrogen and oxygen atoms in total. The molecule has 0 radical (unpaired) electrons. The first kappa shape index (κ1) is 47.3. The molecule has 328 valence electrons. The Morgan fingerprint density at radius 2 is 1.80 bits per heavy atom. The Morgan fingerprint density at radius 1 is 1.07 bits per heavy atom. The van der Waals surface area contributed by atoms with Crippen molar-refractivity contribution in [1.82, 2.24) is 14.9 Å². The third-order valence-electron chi connectivity index (χ3n) is 13.3. The summed E-state index contributed by atoms with van der Waals surface area (Å²) in [6.45, 7) is 16.8. The molecule has 4 heterocycles. The molecule has 1 spiro atoms. The number of ether oxygens (including phenoxy) is 1. The van der Waals surface area contributed by atoms with Crippen LogP contribution in [0, 0.1) is 17.8 Å². The van der Waals surface area contributed by atoms with Crippen molar-refractivity contribution in [2.45, 2.75) is 106 Å². The molecule has 2 aliphatic carbocycles. The smallest absolute Gasteiger partial charge is 0.264 e. The summed E-state index contributed by atoms with van der Waals surface area (Å²) in [6.07, 6.45) is 10.5. The van der Waals surface area contributed by atoms with Gasteiger partial charge in [-0.3, -0.25) is 9.69 Å². The molecule has 14 heteroatoms. The average Bonchev–Trinajstić information content (AvgIpc) is 3.36. The SMILES string of the molecule is CC(C)N1CCNCC1.CCI.C[C@@H]1[C@@H](C)C/C=C/[C@@](O)(C2SCCCS2)[C@@H]2CC[C@H]2CN2C[C@@]3(CCCc4cc(Cl)ccc43)COc3ccc(cc32)C(=O)NS1(=O)=O. The second-order valence-electron chi connectivity index (χ2n) is 17.5. The van der Waals surface area contributed by atoms with Crippen molar-refractivity contribution in [2.75, 3.05) is 66.7 Å². The molecule has 1 saturated carbocycles. The Labute approximate surface area is 381 Å². The number of allylic oxidation sites excluding steroid dienone is 1. The van der Waals surface area contributed by atoms with Crippen LogP contribution in [0.25, 0.3) is 0 Å². The Kier molecular flexibility index (Phi) is 16.8. The lowest BCUT2D eigenvalue weighted by Gasteiger charge is -2.51. The Morgan fingerprint density at radius 3 is 2.46 bits per heavy atom. The van der Waals surface area contributed by atoms with Gasteiger partial charge < -0.3 is 20.1 Å². The number of amides is 1. The maximum atomic E-state index is 13.5. The lowest BCUT2D eigenvalue weighted by molar-refractivity contribution is -0.0333. The van der Waals surface area contributed by atoms with E-state index in [1.165, 1.54) is 28.6 Å². The van der Waals surface area contributed by atoms with Crippen LogP contribution in [0.5, 0.6) is 5.75 Å². The van der Waals surface area contributed by atoms with E-state index in [0.29, 0.717) is 31.9 Å². The lowest BCUT2D eigenvalue weighted by atomic mass is 9.64. The zero-order chi connectivity index (χ0) is 42.4. The highest BCUT2D eigenvalue weighted by molar-refractivity contribution is 14.1. The molecule has 8 rings (SSSR count). The predicted octanol–water partition coefficient (Wildman–Crippen LogP) is 8.55. The maximum absolute atomic E-state index is 13.5. The number of carbonyl (C=O) groups is 1. The van der Waals surface area contributed by atoms with E-state index >= 15 is 0 Å². The highest BCUT2D eigenvalue weighted by Gasteiger charge is 2.52. The molecule has 3 N–H and O–H groups in total. The van der Waals surface area contributed by atoms with Crippen molar-refractivity contribution in [1.29, 1.82) is 0 Å². The molecule has 0 aromatic heterocycles. The summed E-state index contributed by atoms with van der Waals surface area (Å²) < 4.78 is 37.1. The standard InChI is InChI=1S/C36H45ClN2O5S3.C7H16N2.C2H5I/c1-23-6-3-15-36(41,34-45-16-5-17-46-34)30-11-8-27(30)20-39-21-35(14-4-7-25-18-28(37)10-12-29(25)35)22-44-32-13-9-26(19-31(32)39)33(40)38-47(42,43)24(23)2;1-7(2)9-5-3-8-4-6-9;1-2-3/h3,9-10,12-13,15,18-19,23-24,27,30,34,41H,4-8,11,14,16-17,20-22H2,1-2H3,(H,38,40);7-8H,3-6H2,1-2H3;2H2,1H3/b15-3+;;/t23-,24+,27-,30+,35-,36-;;/m0../s1. The van der Waals surface area contributed by atoms with Gasteiger partial charge >= 0.3 is 0 Å². The normalized spacial score (nSPS) is 31.7. The van der Waals surface area contributed by atoms with E-state index in [4.69, 9.17) is 16.3 Å². The van der Waals surface area contributed by atoms with Crippen LogP contribution in [-0.4, -0.2) is 108 Å². The summed E-state index contributed by atoms with van der Waals surface area (Å²) in [5.41, 5.74) is 2.32. The number of benzene rings is 2. The minimum atomic E-state index is -3.95. The van der Waals surface area contributed by atoms with Gasteiger partial charge in [0.05, 0.1) is 22.1 Å². The number of aryl methyl sites for hydroxylation is 1. The fourth-order valence-corrected chi connectivity index (χ4v) is 14.2. The Balaban J connectivity index is 0.000000424. The molecular weight excluding hydrogens is 935 g/mol. The van der Waals surface area contributed by atoms with Gasteiger partial charge in [0.2, 0.25) is 10.0 Å². The third-order valence-corrected chi connectivity index (χ3v) is 18.6. The van der Waals surface area contributed by atoms with Gasteiger partial charge in [-0.15, -0.1) is 23.5 Å². The molecule has 2 saturated heterocycles. The summed E-state index contributed by atoms with van der Waals surface area (Å²) in [6, 6.07) is 12.2.